The van der Waals surface area contributed by atoms with Crippen molar-refractivity contribution in [2.75, 3.05) is 26.2 Å². The van der Waals surface area contributed by atoms with Crippen molar-refractivity contribution in [1.82, 2.24) is 9.80 Å². The van der Waals surface area contributed by atoms with Gasteiger partial charge in [-0.25, -0.2) is 0 Å². The van der Waals surface area contributed by atoms with Crippen LogP contribution in [0, 0.1) is 11.8 Å². The Hall–Kier alpha value is -1.84. The van der Waals surface area contributed by atoms with Crippen LogP contribution in [-0.4, -0.2) is 47.8 Å². The number of nitrogens with zero attached hydrogens (tertiary/aromatic N) is 2. The number of carbonyl (C=O) groups excluding carboxylic acids is 2. The Morgan fingerprint density at radius 2 is 1.54 bits per heavy atom. The predicted octanol–water partition coefficient (Wildman–Crippen LogP) is 2.65. The van der Waals surface area contributed by atoms with Crippen LogP contribution in [0.15, 0.2) is 30.3 Å². The van der Waals surface area contributed by atoms with E-state index in [9.17, 15) is 9.59 Å². The van der Waals surface area contributed by atoms with Crippen LogP contribution in [0.2, 0.25) is 0 Å². The van der Waals surface area contributed by atoms with Crippen LogP contribution in [0.3, 0.4) is 0 Å². The molecule has 1 aromatic rings. The van der Waals surface area contributed by atoms with Gasteiger partial charge in [0.05, 0.1) is 5.92 Å². The maximum absolute atomic E-state index is 13.2. The van der Waals surface area contributed by atoms with Crippen molar-refractivity contribution in [3.63, 3.8) is 0 Å². The molecule has 2 amide bonds. The average molecular weight is 326 g/mol. The molecular weight excluding hydrogens is 300 g/mol. The maximum atomic E-state index is 13.2. The number of hydrogen-bond acceptors (Lipinski definition) is 2. The van der Waals surface area contributed by atoms with E-state index >= 15 is 0 Å². The van der Waals surface area contributed by atoms with Gasteiger partial charge in [-0.3, -0.25) is 9.59 Å². The van der Waals surface area contributed by atoms with Crippen molar-refractivity contribution in [3.8, 4) is 0 Å². The molecule has 0 aromatic heterocycles. The minimum atomic E-state index is 0.0110. The highest BCUT2D eigenvalue weighted by molar-refractivity contribution is 5.85. The Labute approximate surface area is 143 Å². The van der Waals surface area contributed by atoms with Crippen LogP contribution < -0.4 is 0 Å². The van der Waals surface area contributed by atoms with Gasteiger partial charge < -0.3 is 9.80 Å². The summed E-state index contributed by atoms with van der Waals surface area (Å²) in [5.74, 6) is 1.37. The SMILES string of the molecule is O=C(C1CC1)N1CCCN(C(=O)C(c2ccccc2)C2CC2)CC1. The predicted molar refractivity (Wildman–Crippen MR) is 92.4 cm³/mol. The molecule has 1 heterocycles. The number of rotatable bonds is 4. The summed E-state index contributed by atoms with van der Waals surface area (Å²) in [6.45, 7) is 2.97. The quantitative estimate of drug-likeness (QED) is 0.853. The maximum Gasteiger partial charge on any atom is 0.230 e. The van der Waals surface area contributed by atoms with Gasteiger partial charge in [0.15, 0.2) is 0 Å². The monoisotopic (exact) mass is 326 g/mol. The highest BCUT2D eigenvalue weighted by Gasteiger charge is 2.40. The minimum absolute atomic E-state index is 0.0110. The Kier molecular flexibility index (Phi) is 4.30. The molecule has 1 unspecified atom stereocenters. The number of hydrogen-bond donors (Lipinski definition) is 0. The summed E-state index contributed by atoms with van der Waals surface area (Å²) in [4.78, 5) is 29.5. The molecule has 4 heteroatoms. The standard InChI is InChI=1S/C20H26N2O2/c23-19(17-9-10-17)21-11-4-12-22(14-13-21)20(24)18(16-7-8-16)15-5-2-1-3-6-15/h1-3,5-6,16-18H,4,7-14H2. The third-order valence-electron chi connectivity index (χ3n) is 5.56. The molecule has 24 heavy (non-hydrogen) atoms. The van der Waals surface area contributed by atoms with Crippen LogP contribution >= 0.6 is 0 Å². The van der Waals surface area contributed by atoms with Crippen molar-refractivity contribution >= 4 is 11.8 Å². The third kappa shape index (κ3) is 3.33. The largest absolute Gasteiger partial charge is 0.341 e. The lowest BCUT2D eigenvalue weighted by Crippen LogP contribution is -2.40. The second-order valence-corrected chi connectivity index (χ2v) is 7.50. The zero-order chi connectivity index (χ0) is 16.5. The van der Waals surface area contributed by atoms with Crippen molar-refractivity contribution in [1.29, 1.82) is 0 Å². The van der Waals surface area contributed by atoms with E-state index in [1.807, 2.05) is 28.0 Å². The van der Waals surface area contributed by atoms with Crippen molar-refractivity contribution < 1.29 is 9.59 Å². The summed E-state index contributed by atoms with van der Waals surface area (Å²) in [6, 6.07) is 10.2. The normalized spacial score (nSPS) is 22.8. The molecule has 2 saturated carbocycles. The fourth-order valence-electron chi connectivity index (χ4n) is 3.85. The Morgan fingerprint density at radius 3 is 2.21 bits per heavy atom. The van der Waals surface area contributed by atoms with E-state index in [2.05, 4.69) is 12.1 Å². The number of carbonyl (C=O) groups is 2. The molecular formula is C20H26N2O2. The van der Waals surface area contributed by atoms with Gasteiger partial charge >= 0.3 is 0 Å². The van der Waals surface area contributed by atoms with Gasteiger partial charge in [-0.2, -0.15) is 0 Å². The first-order valence-electron chi connectivity index (χ1n) is 9.36. The molecule has 2 aliphatic carbocycles. The topological polar surface area (TPSA) is 40.6 Å². The summed E-state index contributed by atoms with van der Waals surface area (Å²) >= 11 is 0. The van der Waals surface area contributed by atoms with Gasteiger partial charge in [-0.1, -0.05) is 30.3 Å². The Bertz CT molecular complexity index is 607. The molecule has 3 fully saturated rings. The first-order chi connectivity index (χ1) is 11.7. The first-order valence-corrected chi connectivity index (χ1v) is 9.36. The molecule has 0 spiro atoms. The Balaban J connectivity index is 1.44. The lowest BCUT2D eigenvalue weighted by Gasteiger charge is -2.27. The van der Waals surface area contributed by atoms with Gasteiger partial charge in [-0.05, 0) is 43.6 Å². The van der Waals surface area contributed by atoms with Crippen LogP contribution in [0.5, 0.6) is 0 Å². The number of amides is 2. The highest BCUT2D eigenvalue weighted by Crippen LogP contribution is 2.43. The van der Waals surface area contributed by atoms with Crippen LogP contribution in [0.25, 0.3) is 0 Å². The molecule has 0 radical (unpaired) electrons. The van der Waals surface area contributed by atoms with E-state index < -0.39 is 0 Å². The molecule has 4 nitrogen and oxygen atoms in total. The van der Waals surface area contributed by atoms with Gasteiger partial charge in [0.25, 0.3) is 0 Å². The lowest BCUT2D eigenvalue weighted by atomic mass is 9.92. The first kappa shape index (κ1) is 15.7. The fourth-order valence-corrected chi connectivity index (χ4v) is 3.85. The molecule has 1 atom stereocenters. The van der Waals surface area contributed by atoms with E-state index in [1.165, 1.54) is 0 Å². The van der Waals surface area contributed by atoms with E-state index in [-0.39, 0.29) is 17.7 Å². The van der Waals surface area contributed by atoms with Crippen molar-refractivity contribution in [2.45, 2.75) is 38.0 Å². The van der Waals surface area contributed by atoms with Gasteiger partial charge in [0.1, 0.15) is 0 Å². The zero-order valence-electron chi connectivity index (χ0n) is 14.2. The average Bonchev–Trinajstić information content (AvgIpc) is 3.49. The van der Waals surface area contributed by atoms with Gasteiger partial charge in [0.2, 0.25) is 11.8 Å². The van der Waals surface area contributed by atoms with Crippen LogP contribution in [0.4, 0.5) is 0 Å². The molecule has 0 bridgehead atoms. The molecule has 128 valence electrons. The fraction of sp³-hybridized carbons (Fsp3) is 0.600. The second kappa shape index (κ2) is 6.58. The Morgan fingerprint density at radius 1 is 0.875 bits per heavy atom. The minimum Gasteiger partial charge on any atom is -0.341 e. The molecule has 0 N–H and O–H groups in total. The number of benzene rings is 1. The van der Waals surface area contributed by atoms with Crippen LogP contribution in [-0.2, 0) is 9.59 Å². The van der Waals surface area contributed by atoms with Crippen molar-refractivity contribution in [2.24, 2.45) is 11.8 Å². The second-order valence-electron chi connectivity index (χ2n) is 7.50. The van der Waals surface area contributed by atoms with Crippen molar-refractivity contribution in [3.05, 3.63) is 35.9 Å². The van der Waals surface area contributed by atoms with E-state index in [0.29, 0.717) is 24.9 Å². The summed E-state index contributed by atoms with van der Waals surface area (Å²) in [5.41, 5.74) is 1.15. The summed E-state index contributed by atoms with van der Waals surface area (Å²) in [6.07, 6.45) is 5.32. The zero-order valence-corrected chi connectivity index (χ0v) is 14.2. The molecule has 1 aromatic carbocycles. The summed E-state index contributed by atoms with van der Waals surface area (Å²) < 4.78 is 0. The van der Waals surface area contributed by atoms with Gasteiger partial charge in [0, 0.05) is 32.1 Å². The summed E-state index contributed by atoms with van der Waals surface area (Å²) in [5, 5.41) is 0. The van der Waals surface area contributed by atoms with Crippen LogP contribution in [0.1, 0.15) is 43.6 Å². The molecule has 3 aliphatic rings. The smallest absolute Gasteiger partial charge is 0.230 e. The molecule has 1 aliphatic heterocycles. The highest BCUT2D eigenvalue weighted by atomic mass is 16.2. The third-order valence-corrected chi connectivity index (χ3v) is 5.56. The molecule has 4 rings (SSSR count). The lowest BCUT2D eigenvalue weighted by molar-refractivity contribution is -0.135. The van der Waals surface area contributed by atoms with Gasteiger partial charge in [-0.15, -0.1) is 0 Å². The molecule has 1 saturated heterocycles. The van der Waals surface area contributed by atoms with E-state index in [1.54, 1.807) is 0 Å². The summed E-state index contributed by atoms with van der Waals surface area (Å²) in [7, 11) is 0. The van der Waals surface area contributed by atoms with E-state index in [4.69, 9.17) is 0 Å². The van der Waals surface area contributed by atoms with E-state index in [0.717, 1.165) is 50.8 Å².